The predicted molar refractivity (Wildman–Crippen MR) is 36.9 cm³/mol. The maximum atomic E-state index is 9.27. The van der Waals surface area contributed by atoms with Crippen LogP contribution in [0.15, 0.2) is 4.52 Å². The van der Waals surface area contributed by atoms with Crippen molar-refractivity contribution in [1.82, 2.24) is 5.16 Å². The fraction of sp³-hybridized carbons (Fsp3) is 0.571. The monoisotopic (exact) mass is 141 g/mol. The van der Waals surface area contributed by atoms with Gasteiger partial charge in [-0.05, 0) is 6.42 Å². The van der Waals surface area contributed by atoms with Gasteiger partial charge in [-0.15, -0.1) is 0 Å². The molecule has 0 saturated heterocycles. The van der Waals surface area contributed by atoms with Gasteiger partial charge in [0.05, 0.1) is 0 Å². The summed E-state index contributed by atoms with van der Waals surface area (Å²) in [7, 11) is 0. The van der Waals surface area contributed by atoms with Crippen LogP contribution in [0.4, 0.5) is 0 Å². The molecule has 0 saturated carbocycles. The first kappa shape index (κ1) is 7.12. The topological polar surface area (TPSA) is 46.3 Å². The molecule has 0 aliphatic heterocycles. The third-order valence-electron chi connectivity index (χ3n) is 1.46. The lowest BCUT2D eigenvalue weighted by molar-refractivity contribution is 0.370. The zero-order valence-electron chi connectivity index (χ0n) is 6.22. The van der Waals surface area contributed by atoms with E-state index < -0.39 is 0 Å². The molecular formula is C7H11NO2. The van der Waals surface area contributed by atoms with Crippen LogP contribution in [0.3, 0.4) is 0 Å². The Hall–Kier alpha value is -0.990. The molecule has 1 rings (SSSR count). The van der Waals surface area contributed by atoms with E-state index in [1.54, 1.807) is 0 Å². The van der Waals surface area contributed by atoms with E-state index in [1.807, 2.05) is 13.8 Å². The van der Waals surface area contributed by atoms with Crippen molar-refractivity contribution in [2.24, 2.45) is 0 Å². The molecule has 56 valence electrons. The molecule has 10 heavy (non-hydrogen) atoms. The molecule has 3 heteroatoms. The van der Waals surface area contributed by atoms with Crippen LogP contribution in [0, 0.1) is 0 Å². The number of aromatic nitrogens is 1. The van der Waals surface area contributed by atoms with Crippen LogP contribution < -0.4 is 0 Å². The van der Waals surface area contributed by atoms with Gasteiger partial charge in [0.1, 0.15) is 5.69 Å². The molecule has 0 unspecified atom stereocenters. The third kappa shape index (κ3) is 0.988. The Balaban J connectivity index is 2.97. The summed E-state index contributed by atoms with van der Waals surface area (Å²) in [6.07, 6.45) is 1.41. The van der Waals surface area contributed by atoms with Crippen LogP contribution in [0.5, 0.6) is 5.75 Å². The van der Waals surface area contributed by atoms with Gasteiger partial charge in [-0.1, -0.05) is 19.0 Å². The standard InChI is InChI=1S/C7H11NO2/c1-3-5-7(9)6(4-2)10-8-5/h9H,3-4H2,1-2H3. The highest BCUT2D eigenvalue weighted by atomic mass is 16.5. The van der Waals surface area contributed by atoms with Crippen molar-refractivity contribution in [1.29, 1.82) is 0 Å². The number of hydrogen-bond acceptors (Lipinski definition) is 3. The van der Waals surface area contributed by atoms with Gasteiger partial charge in [0.25, 0.3) is 0 Å². The highest BCUT2D eigenvalue weighted by Gasteiger charge is 2.10. The minimum atomic E-state index is 0.227. The van der Waals surface area contributed by atoms with Crippen LogP contribution in [-0.4, -0.2) is 10.3 Å². The Labute approximate surface area is 59.7 Å². The first-order valence-corrected chi connectivity index (χ1v) is 3.46. The normalized spacial score (nSPS) is 10.2. The van der Waals surface area contributed by atoms with Crippen molar-refractivity contribution in [2.45, 2.75) is 26.7 Å². The summed E-state index contributed by atoms with van der Waals surface area (Å²) >= 11 is 0. The van der Waals surface area contributed by atoms with Crippen LogP contribution in [0.1, 0.15) is 25.3 Å². The van der Waals surface area contributed by atoms with E-state index >= 15 is 0 Å². The molecule has 0 amide bonds. The molecule has 0 bridgehead atoms. The third-order valence-corrected chi connectivity index (χ3v) is 1.46. The molecule has 1 N–H and O–H groups in total. The second kappa shape index (κ2) is 2.73. The highest BCUT2D eigenvalue weighted by Crippen LogP contribution is 2.21. The molecule has 3 nitrogen and oxygen atoms in total. The van der Waals surface area contributed by atoms with Crippen molar-refractivity contribution in [3.8, 4) is 5.75 Å². The van der Waals surface area contributed by atoms with Crippen molar-refractivity contribution >= 4 is 0 Å². The van der Waals surface area contributed by atoms with Crippen LogP contribution in [0.25, 0.3) is 0 Å². The Morgan fingerprint density at radius 2 is 2.10 bits per heavy atom. The molecule has 0 fully saturated rings. The van der Waals surface area contributed by atoms with E-state index in [4.69, 9.17) is 4.52 Å². The van der Waals surface area contributed by atoms with E-state index in [0.717, 1.165) is 6.42 Å². The van der Waals surface area contributed by atoms with Crippen LogP contribution in [0.2, 0.25) is 0 Å². The fourth-order valence-corrected chi connectivity index (χ4v) is 0.822. The molecule has 0 atom stereocenters. The zero-order chi connectivity index (χ0) is 7.56. The molecule has 0 aliphatic rings. The number of aryl methyl sites for hydroxylation is 2. The Morgan fingerprint density at radius 3 is 2.40 bits per heavy atom. The second-order valence-electron chi connectivity index (χ2n) is 2.11. The lowest BCUT2D eigenvalue weighted by Gasteiger charge is -1.88. The van der Waals surface area contributed by atoms with Gasteiger partial charge in [0, 0.05) is 6.42 Å². The Kier molecular flexibility index (Phi) is 1.94. The zero-order valence-corrected chi connectivity index (χ0v) is 6.22. The molecule has 0 aliphatic carbocycles. The highest BCUT2D eigenvalue weighted by molar-refractivity contribution is 5.28. The van der Waals surface area contributed by atoms with Gasteiger partial charge in [-0.3, -0.25) is 0 Å². The number of rotatable bonds is 2. The molecule has 0 radical (unpaired) electrons. The van der Waals surface area contributed by atoms with Crippen LogP contribution >= 0.6 is 0 Å². The second-order valence-corrected chi connectivity index (χ2v) is 2.11. The molecule has 0 aromatic carbocycles. The number of nitrogens with zero attached hydrogens (tertiary/aromatic N) is 1. The van der Waals surface area contributed by atoms with Crippen molar-refractivity contribution in [3.05, 3.63) is 11.5 Å². The number of hydrogen-bond donors (Lipinski definition) is 1. The molecular weight excluding hydrogens is 130 g/mol. The summed E-state index contributed by atoms with van der Waals surface area (Å²) in [5, 5.41) is 13.0. The fourth-order valence-electron chi connectivity index (χ4n) is 0.822. The van der Waals surface area contributed by atoms with Crippen molar-refractivity contribution in [3.63, 3.8) is 0 Å². The van der Waals surface area contributed by atoms with Gasteiger partial charge in [-0.25, -0.2) is 0 Å². The lowest BCUT2D eigenvalue weighted by atomic mass is 10.2. The van der Waals surface area contributed by atoms with Gasteiger partial charge in [0.15, 0.2) is 11.5 Å². The molecule has 1 aromatic heterocycles. The van der Waals surface area contributed by atoms with E-state index in [-0.39, 0.29) is 5.75 Å². The molecule has 0 spiro atoms. The smallest absolute Gasteiger partial charge is 0.182 e. The lowest BCUT2D eigenvalue weighted by Crippen LogP contribution is -1.78. The predicted octanol–water partition coefficient (Wildman–Crippen LogP) is 1.50. The molecule has 1 heterocycles. The Bertz CT molecular complexity index is 196. The van der Waals surface area contributed by atoms with Gasteiger partial charge in [-0.2, -0.15) is 0 Å². The SMILES string of the molecule is CCc1noc(CC)c1O. The van der Waals surface area contributed by atoms with Gasteiger partial charge < -0.3 is 9.63 Å². The van der Waals surface area contributed by atoms with Gasteiger partial charge >= 0.3 is 0 Å². The molecule has 1 aromatic rings. The van der Waals surface area contributed by atoms with E-state index in [0.29, 0.717) is 17.9 Å². The van der Waals surface area contributed by atoms with E-state index in [2.05, 4.69) is 5.16 Å². The quantitative estimate of drug-likeness (QED) is 0.679. The summed E-state index contributed by atoms with van der Waals surface area (Å²) in [5.41, 5.74) is 0.650. The Morgan fingerprint density at radius 1 is 1.40 bits per heavy atom. The maximum Gasteiger partial charge on any atom is 0.182 e. The maximum absolute atomic E-state index is 9.27. The average Bonchev–Trinajstić information content (AvgIpc) is 2.30. The van der Waals surface area contributed by atoms with Gasteiger partial charge in [0.2, 0.25) is 0 Å². The largest absolute Gasteiger partial charge is 0.503 e. The first-order valence-electron chi connectivity index (χ1n) is 3.46. The van der Waals surface area contributed by atoms with E-state index in [9.17, 15) is 5.11 Å². The summed E-state index contributed by atoms with van der Waals surface area (Å²) in [6, 6.07) is 0. The minimum absolute atomic E-state index is 0.227. The van der Waals surface area contributed by atoms with Crippen molar-refractivity contribution < 1.29 is 9.63 Å². The van der Waals surface area contributed by atoms with E-state index in [1.165, 1.54) is 0 Å². The van der Waals surface area contributed by atoms with Crippen molar-refractivity contribution in [2.75, 3.05) is 0 Å². The first-order chi connectivity index (χ1) is 4.79. The minimum Gasteiger partial charge on any atom is -0.503 e. The summed E-state index contributed by atoms with van der Waals surface area (Å²) in [4.78, 5) is 0. The summed E-state index contributed by atoms with van der Waals surface area (Å²) in [6.45, 7) is 3.84. The summed E-state index contributed by atoms with van der Waals surface area (Å²) in [5.74, 6) is 0.807. The number of aromatic hydroxyl groups is 1. The summed E-state index contributed by atoms with van der Waals surface area (Å²) < 4.78 is 4.84. The average molecular weight is 141 g/mol. The van der Waals surface area contributed by atoms with Crippen LogP contribution in [-0.2, 0) is 12.8 Å².